The number of nitrogens with one attached hydrogen (secondary N) is 1. The van der Waals surface area contributed by atoms with Gasteiger partial charge in [0.2, 0.25) is 0 Å². The minimum atomic E-state index is -0.662. The van der Waals surface area contributed by atoms with Crippen LogP contribution in [0.15, 0.2) is 46.9 Å². The number of hydrogen-bond donors (Lipinski definition) is 1. The van der Waals surface area contributed by atoms with Crippen molar-refractivity contribution in [1.29, 1.82) is 0 Å². The zero-order chi connectivity index (χ0) is 17.1. The molecule has 1 aromatic carbocycles. The Kier molecular flexibility index (Phi) is 4.61. The van der Waals surface area contributed by atoms with Crippen molar-refractivity contribution >= 4 is 28.8 Å². The van der Waals surface area contributed by atoms with Crippen LogP contribution in [0.3, 0.4) is 0 Å². The normalized spacial score (nSPS) is 19.3. The lowest BCUT2D eigenvalue weighted by Crippen LogP contribution is -2.37. The highest BCUT2D eigenvalue weighted by atomic mass is 32.1. The van der Waals surface area contributed by atoms with Crippen LogP contribution >= 0.6 is 11.3 Å². The summed E-state index contributed by atoms with van der Waals surface area (Å²) in [4.78, 5) is 25.8. The van der Waals surface area contributed by atoms with Gasteiger partial charge in [-0.3, -0.25) is 10.2 Å². The summed E-state index contributed by atoms with van der Waals surface area (Å²) < 4.78 is 9.97. The number of esters is 1. The van der Waals surface area contributed by atoms with Crippen LogP contribution in [-0.2, 0) is 9.53 Å². The van der Waals surface area contributed by atoms with Crippen molar-refractivity contribution in [3.05, 3.63) is 52.2 Å². The van der Waals surface area contributed by atoms with E-state index < -0.39 is 17.9 Å². The Morgan fingerprint density at radius 3 is 2.71 bits per heavy atom. The van der Waals surface area contributed by atoms with E-state index in [0.29, 0.717) is 11.3 Å². The Bertz CT molecular complexity index is 786. The zero-order valence-electron chi connectivity index (χ0n) is 13.2. The molecule has 0 fully saturated rings. The third-order valence-electron chi connectivity index (χ3n) is 3.83. The first-order chi connectivity index (χ1) is 11.7. The lowest BCUT2D eigenvalue weighted by molar-refractivity contribution is -0.132. The number of carbonyl (C=O) groups is 2. The third kappa shape index (κ3) is 2.90. The molecule has 2 heterocycles. The molecular weight excluding hydrogens is 328 g/mol. The first-order valence-electron chi connectivity index (χ1n) is 7.28. The number of carbonyl (C=O) groups excluding carboxylic acids is 2. The molecule has 2 atom stereocenters. The minimum Gasteiger partial charge on any atom is -0.497 e. The van der Waals surface area contributed by atoms with Crippen LogP contribution in [0.4, 0.5) is 0 Å². The fraction of sp³-hybridized carbons (Fsp3) is 0.235. The predicted octanol–water partition coefficient (Wildman–Crippen LogP) is 2.22. The van der Waals surface area contributed by atoms with Crippen molar-refractivity contribution in [1.82, 2.24) is 5.43 Å². The molecule has 0 aliphatic carbocycles. The second-order valence-corrected chi connectivity index (χ2v) is 6.16. The van der Waals surface area contributed by atoms with E-state index in [4.69, 9.17) is 9.47 Å². The summed E-state index contributed by atoms with van der Waals surface area (Å²) >= 11 is 1.47. The third-order valence-corrected chi connectivity index (χ3v) is 4.79. The van der Waals surface area contributed by atoms with Crippen LogP contribution in [-0.4, -0.2) is 37.7 Å². The van der Waals surface area contributed by atoms with Crippen molar-refractivity contribution < 1.29 is 19.1 Å². The molecule has 0 spiro atoms. The van der Waals surface area contributed by atoms with Crippen LogP contribution in [0.25, 0.3) is 0 Å². The van der Waals surface area contributed by atoms with Gasteiger partial charge in [0, 0.05) is 10.4 Å². The fourth-order valence-corrected chi connectivity index (χ4v) is 3.52. The van der Waals surface area contributed by atoms with E-state index in [2.05, 4.69) is 10.5 Å². The van der Waals surface area contributed by atoms with Gasteiger partial charge in [-0.05, 0) is 23.6 Å². The van der Waals surface area contributed by atoms with Gasteiger partial charge in [-0.25, -0.2) is 4.79 Å². The maximum Gasteiger partial charge on any atom is 0.354 e. The second-order valence-electron chi connectivity index (χ2n) is 5.18. The SMILES string of the molecule is COC(=O)C1=NNC(C(=O)c2cccc(OC)c2)C1c1cccs1. The van der Waals surface area contributed by atoms with Gasteiger partial charge in [0.15, 0.2) is 11.5 Å². The summed E-state index contributed by atoms with van der Waals surface area (Å²) in [5, 5.41) is 5.96. The summed E-state index contributed by atoms with van der Waals surface area (Å²) in [6.07, 6.45) is 0. The molecule has 3 rings (SSSR count). The molecule has 1 aromatic heterocycles. The van der Waals surface area contributed by atoms with Gasteiger partial charge in [-0.2, -0.15) is 5.10 Å². The first-order valence-corrected chi connectivity index (χ1v) is 8.16. The van der Waals surface area contributed by atoms with Crippen LogP contribution in [0.5, 0.6) is 5.75 Å². The van der Waals surface area contributed by atoms with E-state index >= 15 is 0 Å². The molecule has 0 radical (unpaired) electrons. The molecule has 6 nitrogen and oxygen atoms in total. The molecule has 7 heteroatoms. The van der Waals surface area contributed by atoms with Gasteiger partial charge in [-0.1, -0.05) is 18.2 Å². The average molecular weight is 344 g/mol. The molecule has 1 aliphatic heterocycles. The number of ketones is 1. The van der Waals surface area contributed by atoms with Crippen LogP contribution in [0.1, 0.15) is 21.2 Å². The summed E-state index contributed by atoms with van der Waals surface area (Å²) in [5.41, 5.74) is 3.50. The molecule has 1 N–H and O–H groups in total. The largest absolute Gasteiger partial charge is 0.497 e. The van der Waals surface area contributed by atoms with Gasteiger partial charge in [0.25, 0.3) is 0 Å². The number of methoxy groups -OCH3 is 2. The minimum absolute atomic E-state index is 0.157. The topological polar surface area (TPSA) is 77.0 Å². The summed E-state index contributed by atoms with van der Waals surface area (Å²) in [6, 6.07) is 10.0. The van der Waals surface area contributed by atoms with Crippen molar-refractivity contribution in [3.8, 4) is 5.75 Å². The maximum atomic E-state index is 12.9. The highest BCUT2D eigenvalue weighted by molar-refractivity contribution is 7.10. The predicted molar refractivity (Wildman–Crippen MR) is 90.8 cm³/mol. The number of rotatable bonds is 5. The van der Waals surface area contributed by atoms with E-state index in [-0.39, 0.29) is 11.5 Å². The Morgan fingerprint density at radius 1 is 1.21 bits per heavy atom. The van der Waals surface area contributed by atoms with Gasteiger partial charge >= 0.3 is 5.97 Å². The molecule has 2 unspecified atom stereocenters. The Labute approximate surface area is 143 Å². The molecule has 1 aliphatic rings. The van der Waals surface area contributed by atoms with Gasteiger partial charge < -0.3 is 9.47 Å². The maximum absolute atomic E-state index is 12.9. The molecule has 0 bridgehead atoms. The average Bonchev–Trinajstić information content (AvgIpc) is 3.29. The summed E-state index contributed by atoms with van der Waals surface area (Å²) in [5.74, 6) is -0.575. The molecule has 24 heavy (non-hydrogen) atoms. The molecule has 2 aromatic rings. The van der Waals surface area contributed by atoms with Crippen molar-refractivity contribution in [2.24, 2.45) is 5.10 Å². The number of ether oxygens (including phenoxy) is 2. The Morgan fingerprint density at radius 2 is 2.04 bits per heavy atom. The molecule has 0 saturated carbocycles. The van der Waals surface area contributed by atoms with Crippen LogP contribution in [0, 0.1) is 0 Å². The fourth-order valence-electron chi connectivity index (χ4n) is 2.65. The van der Waals surface area contributed by atoms with Crippen LogP contribution in [0.2, 0.25) is 0 Å². The monoisotopic (exact) mass is 344 g/mol. The Balaban J connectivity index is 1.94. The van der Waals surface area contributed by atoms with Crippen LogP contribution < -0.4 is 10.2 Å². The molecular formula is C17H16N2O4S. The van der Waals surface area contributed by atoms with Crippen molar-refractivity contribution in [3.63, 3.8) is 0 Å². The highest BCUT2D eigenvalue weighted by Gasteiger charge is 2.42. The van der Waals surface area contributed by atoms with E-state index in [9.17, 15) is 9.59 Å². The second kappa shape index (κ2) is 6.84. The zero-order valence-corrected chi connectivity index (χ0v) is 14.0. The molecule has 0 amide bonds. The number of hydrazone groups is 1. The number of benzene rings is 1. The summed E-state index contributed by atoms with van der Waals surface area (Å²) in [6.45, 7) is 0. The van der Waals surface area contributed by atoms with Crippen molar-refractivity contribution in [2.75, 3.05) is 14.2 Å². The standard InChI is InChI=1S/C17H16N2O4S/c1-22-11-6-3-5-10(9-11)16(20)14-13(12-7-4-8-24-12)15(19-18-14)17(21)23-2/h3-9,13-14,18H,1-2H3. The lowest BCUT2D eigenvalue weighted by atomic mass is 9.89. The first kappa shape index (κ1) is 16.2. The summed E-state index contributed by atoms with van der Waals surface area (Å²) in [7, 11) is 2.85. The lowest BCUT2D eigenvalue weighted by Gasteiger charge is -2.18. The Hall–Kier alpha value is -2.67. The van der Waals surface area contributed by atoms with Gasteiger partial charge in [0.05, 0.1) is 20.1 Å². The molecule has 0 saturated heterocycles. The smallest absolute Gasteiger partial charge is 0.354 e. The quantitative estimate of drug-likeness (QED) is 0.665. The molecule has 124 valence electrons. The number of nitrogens with zero attached hydrogens (tertiary/aromatic N) is 1. The van der Waals surface area contributed by atoms with E-state index in [0.717, 1.165) is 4.88 Å². The van der Waals surface area contributed by atoms with E-state index in [1.165, 1.54) is 18.4 Å². The van der Waals surface area contributed by atoms with E-state index in [1.54, 1.807) is 31.4 Å². The van der Waals surface area contributed by atoms with E-state index in [1.807, 2.05) is 17.5 Å². The van der Waals surface area contributed by atoms with Crippen molar-refractivity contribution in [2.45, 2.75) is 12.0 Å². The number of thiophene rings is 1. The van der Waals surface area contributed by atoms with Gasteiger partial charge in [-0.15, -0.1) is 11.3 Å². The highest BCUT2D eigenvalue weighted by Crippen LogP contribution is 2.32. The number of hydrogen-bond acceptors (Lipinski definition) is 7. The number of Topliss-reactive ketones (excluding diaryl/α,β-unsaturated/α-hetero) is 1. The van der Waals surface area contributed by atoms with Gasteiger partial charge in [0.1, 0.15) is 11.8 Å².